The van der Waals surface area contributed by atoms with E-state index in [9.17, 15) is 4.79 Å². The van der Waals surface area contributed by atoms with Crippen LogP contribution in [-0.2, 0) is 17.6 Å². The molecule has 0 saturated carbocycles. The maximum Gasteiger partial charge on any atom is 0.220 e. The number of hydrogen-bond acceptors (Lipinski definition) is 3. The van der Waals surface area contributed by atoms with Crippen molar-refractivity contribution in [2.45, 2.75) is 51.0 Å². The third-order valence-corrected chi connectivity index (χ3v) is 5.00. The molecule has 5 heteroatoms. The maximum absolute atomic E-state index is 12.1. The molecule has 5 nitrogen and oxygen atoms in total. The van der Waals surface area contributed by atoms with E-state index in [0.29, 0.717) is 6.42 Å². The van der Waals surface area contributed by atoms with E-state index in [-0.39, 0.29) is 11.9 Å². The van der Waals surface area contributed by atoms with Gasteiger partial charge in [-0.15, -0.1) is 0 Å². The van der Waals surface area contributed by atoms with Crippen molar-refractivity contribution in [3.63, 3.8) is 0 Å². The Kier molecular flexibility index (Phi) is 4.58. The van der Waals surface area contributed by atoms with Crippen LogP contribution in [0, 0.1) is 5.92 Å². The first-order valence-electron chi connectivity index (χ1n) is 8.19. The fraction of sp³-hybridized carbons (Fsp3) is 0.750. The minimum absolute atomic E-state index is 0.224. The number of amides is 1. The Labute approximate surface area is 126 Å². The predicted octanol–water partition coefficient (Wildman–Crippen LogP) is 1.51. The lowest BCUT2D eigenvalue weighted by molar-refractivity contribution is -0.122. The normalized spacial score (nSPS) is 23.8. The van der Waals surface area contributed by atoms with Gasteiger partial charge in [-0.05, 0) is 63.7 Å². The largest absolute Gasteiger partial charge is 0.353 e. The average Bonchev–Trinajstić information content (AvgIpc) is 2.94. The molecular weight excluding hydrogens is 264 g/mol. The quantitative estimate of drug-likeness (QED) is 0.883. The van der Waals surface area contributed by atoms with Crippen LogP contribution in [0.3, 0.4) is 0 Å². The number of aromatic amines is 1. The first-order chi connectivity index (χ1) is 10.2. The van der Waals surface area contributed by atoms with E-state index in [1.54, 1.807) is 0 Å². The van der Waals surface area contributed by atoms with Crippen molar-refractivity contribution in [3.05, 3.63) is 17.5 Å². The van der Waals surface area contributed by atoms with E-state index in [0.717, 1.165) is 31.6 Å². The highest BCUT2D eigenvalue weighted by Gasteiger charge is 2.22. The number of rotatable bonds is 4. The number of aromatic nitrogens is 2. The van der Waals surface area contributed by atoms with E-state index >= 15 is 0 Å². The fourth-order valence-electron chi connectivity index (χ4n) is 3.52. The van der Waals surface area contributed by atoms with Crippen LogP contribution in [-0.4, -0.2) is 47.2 Å². The molecule has 1 saturated heterocycles. The van der Waals surface area contributed by atoms with Gasteiger partial charge in [-0.3, -0.25) is 9.89 Å². The second kappa shape index (κ2) is 6.60. The molecule has 1 unspecified atom stereocenters. The van der Waals surface area contributed by atoms with Crippen molar-refractivity contribution >= 4 is 5.91 Å². The minimum atomic E-state index is 0.224. The third kappa shape index (κ3) is 3.84. The van der Waals surface area contributed by atoms with Gasteiger partial charge in [-0.1, -0.05) is 0 Å². The molecular formula is C16H26N4O. The number of carbonyl (C=O) groups is 1. The summed E-state index contributed by atoms with van der Waals surface area (Å²) in [5.74, 6) is 0.958. The Hall–Kier alpha value is -1.36. The lowest BCUT2D eigenvalue weighted by Crippen LogP contribution is -2.39. The second-order valence-electron chi connectivity index (χ2n) is 6.67. The van der Waals surface area contributed by atoms with Gasteiger partial charge in [0, 0.05) is 24.6 Å². The number of fused-ring (bicyclic) bond motifs is 1. The van der Waals surface area contributed by atoms with E-state index in [4.69, 9.17) is 0 Å². The summed E-state index contributed by atoms with van der Waals surface area (Å²) in [4.78, 5) is 14.5. The van der Waals surface area contributed by atoms with Crippen molar-refractivity contribution in [2.75, 3.05) is 20.1 Å². The summed E-state index contributed by atoms with van der Waals surface area (Å²) in [7, 11) is 2.18. The zero-order chi connectivity index (χ0) is 14.7. The lowest BCUT2D eigenvalue weighted by Gasteiger charge is -2.29. The topological polar surface area (TPSA) is 61.0 Å². The molecule has 1 aliphatic carbocycles. The molecule has 0 spiro atoms. The number of nitrogens with one attached hydrogen (secondary N) is 2. The lowest BCUT2D eigenvalue weighted by atomic mass is 9.91. The van der Waals surface area contributed by atoms with E-state index < -0.39 is 0 Å². The molecule has 1 fully saturated rings. The summed E-state index contributed by atoms with van der Waals surface area (Å²) in [6.07, 6.45) is 9.07. The van der Waals surface area contributed by atoms with Crippen molar-refractivity contribution in [3.8, 4) is 0 Å². The van der Waals surface area contributed by atoms with Gasteiger partial charge in [-0.2, -0.15) is 5.10 Å². The molecule has 116 valence electrons. The number of H-pyrrole nitrogens is 1. The summed E-state index contributed by atoms with van der Waals surface area (Å²) < 4.78 is 0. The average molecular weight is 290 g/mol. The summed E-state index contributed by atoms with van der Waals surface area (Å²) in [5.41, 5.74) is 2.51. The number of nitrogens with zero attached hydrogens (tertiary/aromatic N) is 2. The zero-order valence-corrected chi connectivity index (χ0v) is 12.9. The van der Waals surface area contributed by atoms with Crippen LogP contribution in [0.15, 0.2) is 6.20 Å². The third-order valence-electron chi connectivity index (χ3n) is 5.00. The van der Waals surface area contributed by atoms with Crippen LogP contribution in [0.4, 0.5) is 0 Å². The van der Waals surface area contributed by atoms with Gasteiger partial charge < -0.3 is 10.2 Å². The van der Waals surface area contributed by atoms with Crippen molar-refractivity contribution in [1.82, 2.24) is 20.4 Å². The first-order valence-corrected chi connectivity index (χ1v) is 8.19. The van der Waals surface area contributed by atoms with E-state index in [1.807, 2.05) is 6.20 Å². The number of hydrogen-bond donors (Lipinski definition) is 2. The minimum Gasteiger partial charge on any atom is -0.353 e. The molecule has 0 radical (unpaired) electrons. The van der Waals surface area contributed by atoms with Crippen LogP contribution in [0.25, 0.3) is 0 Å². The molecule has 3 rings (SSSR count). The standard InChI is InChI=1S/C16H26N4O/c1-20-8-6-12(7-9-20)2-5-16(21)18-14-4-3-13-11-17-19-15(13)10-14/h11-12,14H,2-10H2,1H3,(H,17,19)(H,18,21). The molecule has 1 aliphatic heterocycles. The van der Waals surface area contributed by atoms with E-state index in [2.05, 4.69) is 27.5 Å². The number of carbonyl (C=O) groups excluding carboxylic acids is 1. The van der Waals surface area contributed by atoms with Gasteiger partial charge >= 0.3 is 0 Å². The van der Waals surface area contributed by atoms with Crippen LogP contribution < -0.4 is 5.32 Å². The van der Waals surface area contributed by atoms with Gasteiger partial charge in [-0.25, -0.2) is 0 Å². The first kappa shape index (κ1) is 14.6. The summed E-state index contributed by atoms with van der Waals surface area (Å²) in [6, 6.07) is 0.280. The zero-order valence-electron chi connectivity index (χ0n) is 12.9. The Balaban J connectivity index is 1.39. The Bertz CT molecular complexity index is 476. The second-order valence-corrected chi connectivity index (χ2v) is 6.67. The van der Waals surface area contributed by atoms with Gasteiger partial charge in [0.15, 0.2) is 0 Å². The Morgan fingerprint density at radius 3 is 3.05 bits per heavy atom. The van der Waals surface area contributed by atoms with Crippen LogP contribution in [0.1, 0.15) is 43.4 Å². The van der Waals surface area contributed by atoms with Crippen molar-refractivity contribution < 1.29 is 4.79 Å². The molecule has 0 aromatic carbocycles. The molecule has 1 aromatic heterocycles. The molecule has 2 N–H and O–H groups in total. The van der Waals surface area contributed by atoms with Crippen LogP contribution in [0.5, 0.6) is 0 Å². The molecule has 1 aromatic rings. The Morgan fingerprint density at radius 2 is 2.24 bits per heavy atom. The summed E-state index contributed by atoms with van der Waals surface area (Å²) >= 11 is 0. The smallest absolute Gasteiger partial charge is 0.220 e. The molecule has 2 heterocycles. The summed E-state index contributed by atoms with van der Waals surface area (Å²) in [6.45, 7) is 2.36. The SMILES string of the molecule is CN1CCC(CCC(=O)NC2CCc3cn[nH]c3C2)CC1. The Morgan fingerprint density at radius 1 is 1.43 bits per heavy atom. The molecule has 1 atom stereocenters. The number of aryl methyl sites for hydroxylation is 1. The highest BCUT2D eigenvalue weighted by molar-refractivity contribution is 5.76. The summed E-state index contributed by atoms with van der Waals surface area (Å²) in [5, 5.41) is 10.3. The van der Waals surface area contributed by atoms with Gasteiger partial charge in [0.2, 0.25) is 5.91 Å². The highest BCUT2D eigenvalue weighted by atomic mass is 16.1. The monoisotopic (exact) mass is 290 g/mol. The van der Waals surface area contributed by atoms with Gasteiger partial charge in [0.1, 0.15) is 0 Å². The van der Waals surface area contributed by atoms with Gasteiger partial charge in [0.25, 0.3) is 0 Å². The predicted molar refractivity (Wildman–Crippen MR) is 82.0 cm³/mol. The van der Waals surface area contributed by atoms with Gasteiger partial charge in [0.05, 0.1) is 6.20 Å². The van der Waals surface area contributed by atoms with Crippen LogP contribution in [0.2, 0.25) is 0 Å². The maximum atomic E-state index is 12.1. The molecule has 21 heavy (non-hydrogen) atoms. The fourth-order valence-corrected chi connectivity index (χ4v) is 3.52. The highest BCUT2D eigenvalue weighted by Crippen LogP contribution is 2.22. The molecule has 0 bridgehead atoms. The number of piperidine rings is 1. The molecule has 2 aliphatic rings. The molecule has 1 amide bonds. The number of likely N-dealkylation sites (tertiary alicyclic amines) is 1. The van der Waals surface area contributed by atoms with E-state index in [1.165, 1.54) is 37.2 Å². The van der Waals surface area contributed by atoms with Crippen LogP contribution >= 0.6 is 0 Å². The van der Waals surface area contributed by atoms with Crippen molar-refractivity contribution in [1.29, 1.82) is 0 Å². The van der Waals surface area contributed by atoms with Crippen molar-refractivity contribution in [2.24, 2.45) is 5.92 Å².